The molecule has 3 aromatic rings. The van der Waals surface area contributed by atoms with Gasteiger partial charge in [-0.25, -0.2) is 4.79 Å². The molecule has 1 heterocycles. The molecular formula is C36H43N3O6. The Labute approximate surface area is 264 Å². The zero-order valence-electron chi connectivity index (χ0n) is 26.6. The highest BCUT2D eigenvalue weighted by atomic mass is 16.6. The molecule has 0 aromatic heterocycles. The molecule has 0 bridgehead atoms. The number of carboxylic acid groups (broad SMARTS) is 2. The van der Waals surface area contributed by atoms with E-state index < -0.39 is 34.4 Å². The van der Waals surface area contributed by atoms with E-state index in [1.165, 1.54) is 29.3 Å². The van der Waals surface area contributed by atoms with Gasteiger partial charge < -0.3 is 15.1 Å². The van der Waals surface area contributed by atoms with E-state index in [9.17, 15) is 29.9 Å². The zero-order valence-corrected chi connectivity index (χ0v) is 26.6. The Balaban J connectivity index is 1.75. The van der Waals surface area contributed by atoms with Crippen molar-refractivity contribution in [1.29, 1.82) is 0 Å². The Kier molecular flexibility index (Phi) is 10.1. The van der Waals surface area contributed by atoms with Crippen molar-refractivity contribution in [2.45, 2.75) is 65.0 Å². The van der Waals surface area contributed by atoms with E-state index in [1.807, 2.05) is 69.0 Å². The Morgan fingerprint density at radius 1 is 0.978 bits per heavy atom. The maximum Gasteiger partial charge on any atom is 0.333 e. The van der Waals surface area contributed by atoms with Gasteiger partial charge in [-0.2, -0.15) is 0 Å². The Bertz CT molecular complexity index is 1510. The molecule has 3 aromatic carbocycles. The molecule has 9 nitrogen and oxygen atoms in total. The molecule has 3 unspecified atom stereocenters. The van der Waals surface area contributed by atoms with Crippen LogP contribution in [0.25, 0.3) is 0 Å². The quantitative estimate of drug-likeness (QED) is 0.113. The van der Waals surface area contributed by atoms with Crippen LogP contribution in [0.1, 0.15) is 76.0 Å². The van der Waals surface area contributed by atoms with Gasteiger partial charge in [-0.05, 0) is 55.3 Å². The average Bonchev–Trinajstić information content (AvgIpc) is 2.99. The van der Waals surface area contributed by atoms with E-state index in [-0.39, 0.29) is 28.2 Å². The summed E-state index contributed by atoms with van der Waals surface area (Å²) >= 11 is 0. The summed E-state index contributed by atoms with van der Waals surface area (Å²) < 4.78 is 0. The summed E-state index contributed by atoms with van der Waals surface area (Å²) in [5.41, 5.74) is 1.30. The van der Waals surface area contributed by atoms with Crippen LogP contribution in [0.3, 0.4) is 0 Å². The SMILES string of the molecule is CC1=C(C(=O)O)C(c2cccc([N+](=O)[O-])c2)C(C(=O)O)C(C)(NCCCC(c2ccccc2)c2ccccc2)N1CC(C)(C)C. The van der Waals surface area contributed by atoms with Crippen molar-refractivity contribution in [1.82, 2.24) is 10.2 Å². The number of rotatable bonds is 12. The Hall–Kier alpha value is -4.50. The fourth-order valence-corrected chi connectivity index (χ4v) is 6.75. The van der Waals surface area contributed by atoms with Gasteiger partial charge in [-0.1, -0.05) is 93.6 Å². The maximum atomic E-state index is 13.3. The molecule has 0 amide bonds. The molecule has 1 aliphatic heterocycles. The van der Waals surface area contributed by atoms with Gasteiger partial charge in [0.15, 0.2) is 0 Å². The Morgan fingerprint density at radius 3 is 2.04 bits per heavy atom. The van der Waals surface area contributed by atoms with Crippen molar-refractivity contribution in [3.05, 3.63) is 123 Å². The number of carboxylic acids is 2. The number of nitro benzene ring substituents is 1. The van der Waals surface area contributed by atoms with Crippen LogP contribution in [-0.4, -0.2) is 50.7 Å². The number of non-ortho nitro benzene ring substituents is 1. The number of nitrogens with zero attached hydrogens (tertiary/aromatic N) is 2. The molecule has 0 aliphatic carbocycles. The van der Waals surface area contributed by atoms with E-state index >= 15 is 0 Å². The third kappa shape index (κ3) is 7.42. The van der Waals surface area contributed by atoms with E-state index in [2.05, 4.69) is 29.6 Å². The standard InChI is InChI=1S/C36H43N3O6/c1-24-30(33(40)41)31(27-18-12-19-28(22-27)39(44)45)32(34(42)43)36(5,38(24)23-35(2,3)4)37-21-13-20-29(25-14-8-6-9-15-25)26-16-10-7-11-17-26/h6-12,14-19,22,29,31-32,37H,13,20-21,23H2,1-5H3,(H,40,41)(H,42,43). The van der Waals surface area contributed by atoms with Gasteiger partial charge in [-0.3, -0.25) is 20.2 Å². The largest absolute Gasteiger partial charge is 0.481 e. The average molecular weight is 614 g/mol. The molecule has 238 valence electrons. The minimum Gasteiger partial charge on any atom is -0.481 e. The van der Waals surface area contributed by atoms with Crippen LogP contribution in [-0.2, 0) is 9.59 Å². The second-order valence-electron chi connectivity index (χ2n) is 13.2. The van der Waals surface area contributed by atoms with Gasteiger partial charge in [0.25, 0.3) is 5.69 Å². The van der Waals surface area contributed by atoms with Gasteiger partial charge in [0.05, 0.1) is 10.5 Å². The van der Waals surface area contributed by atoms with Crippen molar-refractivity contribution in [3.63, 3.8) is 0 Å². The number of aliphatic carboxylic acids is 2. The van der Waals surface area contributed by atoms with Crippen LogP contribution in [0, 0.1) is 21.4 Å². The second-order valence-corrected chi connectivity index (χ2v) is 13.2. The molecule has 1 aliphatic rings. The van der Waals surface area contributed by atoms with Crippen LogP contribution in [0.15, 0.2) is 96.2 Å². The summed E-state index contributed by atoms with van der Waals surface area (Å²) in [6.07, 6.45) is 1.52. The van der Waals surface area contributed by atoms with Crippen LogP contribution in [0.2, 0.25) is 0 Å². The van der Waals surface area contributed by atoms with Gasteiger partial charge in [0, 0.05) is 36.2 Å². The van der Waals surface area contributed by atoms with Crippen molar-refractivity contribution in [3.8, 4) is 0 Å². The molecule has 0 spiro atoms. The Morgan fingerprint density at radius 2 is 1.56 bits per heavy atom. The third-order valence-corrected chi connectivity index (χ3v) is 8.73. The maximum absolute atomic E-state index is 13.3. The lowest BCUT2D eigenvalue weighted by Crippen LogP contribution is -2.67. The van der Waals surface area contributed by atoms with Gasteiger partial charge >= 0.3 is 11.9 Å². The van der Waals surface area contributed by atoms with Gasteiger partial charge in [-0.15, -0.1) is 0 Å². The summed E-state index contributed by atoms with van der Waals surface area (Å²) in [6, 6.07) is 26.2. The molecule has 9 heteroatoms. The molecular weight excluding hydrogens is 570 g/mol. The van der Waals surface area contributed by atoms with Crippen molar-refractivity contribution in [2.24, 2.45) is 11.3 Å². The molecule has 4 rings (SSSR count). The normalized spacial score (nSPS) is 20.4. The van der Waals surface area contributed by atoms with E-state index in [4.69, 9.17) is 0 Å². The fourth-order valence-electron chi connectivity index (χ4n) is 6.75. The summed E-state index contributed by atoms with van der Waals surface area (Å²) in [6.45, 7) is 10.4. The third-order valence-electron chi connectivity index (χ3n) is 8.73. The van der Waals surface area contributed by atoms with E-state index in [0.717, 1.165) is 12.8 Å². The van der Waals surface area contributed by atoms with Crippen LogP contribution < -0.4 is 5.32 Å². The van der Waals surface area contributed by atoms with Crippen molar-refractivity contribution >= 4 is 17.6 Å². The summed E-state index contributed by atoms with van der Waals surface area (Å²) in [7, 11) is 0. The lowest BCUT2D eigenvalue weighted by Gasteiger charge is -2.55. The highest BCUT2D eigenvalue weighted by Gasteiger charge is 2.55. The lowest BCUT2D eigenvalue weighted by atomic mass is 9.69. The zero-order chi connectivity index (χ0) is 32.9. The van der Waals surface area contributed by atoms with Gasteiger partial charge in [0.1, 0.15) is 11.6 Å². The monoisotopic (exact) mass is 613 g/mol. The summed E-state index contributed by atoms with van der Waals surface area (Å²) in [5, 5.41) is 36.5. The number of benzene rings is 3. The highest BCUT2D eigenvalue weighted by Crippen LogP contribution is 2.48. The van der Waals surface area contributed by atoms with Gasteiger partial charge in [0.2, 0.25) is 0 Å². The van der Waals surface area contributed by atoms with E-state index in [1.54, 1.807) is 13.0 Å². The topological polar surface area (TPSA) is 133 Å². The molecule has 0 radical (unpaired) electrons. The number of nitro groups is 1. The first-order valence-electron chi connectivity index (χ1n) is 15.3. The molecule has 45 heavy (non-hydrogen) atoms. The first-order chi connectivity index (χ1) is 21.2. The number of hydrogen-bond acceptors (Lipinski definition) is 6. The number of allylic oxidation sites excluding steroid dienone is 1. The van der Waals surface area contributed by atoms with Crippen LogP contribution >= 0.6 is 0 Å². The molecule has 0 fully saturated rings. The predicted octanol–water partition coefficient (Wildman–Crippen LogP) is 7.02. The number of carbonyl (C=O) groups is 2. The number of nitrogens with one attached hydrogen (secondary N) is 1. The fraction of sp³-hybridized carbons (Fsp3) is 0.389. The number of hydrogen-bond donors (Lipinski definition) is 3. The summed E-state index contributed by atoms with van der Waals surface area (Å²) in [4.78, 5) is 39.1. The molecule has 3 atom stereocenters. The minimum atomic E-state index is -1.27. The smallest absolute Gasteiger partial charge is 0.333 e. The second kappa shape index (κ2) is 13.6. The first kappa shape index (κ1) is 33.4. The molecule has 0 saturated heterocycles. The van der Waals surface area contributed by atoms with E-state index in [0.29, 0.717) is 18.8 Å². The first-order valence-corrected chi connectivity index (χ1v) is 15.3. The summed E-state index contributed by atoms with van der Waals surface area (Å²) in [5.74, 6) is -4.68. The van der Waals surface area contributed by atoms with Crippen LogP contribution in [0.5, 0.6) is 0 Å². The van der Waals surface area contributed by atoms with Crippen LogP contribution in [0.4, 0.5) is 5.69 Å². The lowest BCUT2D eigenvalue weighted by molar-refractivity contribution is -0.384. The van der Waals surface area contributed by atoms with Crippen molar-refractivity contribution < 1.29 is 24.7 Å². The molecule has 0 saturated carbocycles. The highest BCUT2D eigenvalue weighted by molar-refractivity contribution is 5.92. The molecule has 3 N–H and O–H groups in total. The predicted molar refractivity (Wildman–Crippen MR) is 174 cm³/mol. The minimum absolute atomic E-state index is 0.0698. The van der Waals surface area contributed by atoms with Crippen molar-refractivity contribution in [2.75, 3.05) is 13.1 Å².